The molecular formula is C12H12ClNO3. The van der Waals surface area contributed by atoms with Gasteiger partial charge in [0.05, 0.1) is 5.02 Å². The highest BCUT2D eigenvalue weighted by Gasteiger charge is 2.20. The molecule has 0 aromatic heterocycles. The van der Waals surface area contributed by atoms with Gasteiger partial charge < -0.3 is 9.84 Å². The third kappa shape index (κ3) is 3.36. The van der Waals surface area contributed by atoms with Crippen molar-refractivity contribution in [2.75, 3.05) is 0 Å². The summed E-state index contributed by atoms with van der Waals surface area (Å²) < 4.78 is 5.31. The average Bonchev–Trinajstić information content (AvgIpc) is 2.28. The number of benzene rings is 1. The molecule has 0 radical (unpaired) electrons. The minimum Gasteiger partial charge on any atom is -0.479 e. The summed E-state index contributed by atoms with van der Waals surface area (Å²) in [7, 11) is 0. The molecule has 1 unspecified atom stereocenters. The summed E-state index contributed by atoms with van der Waals surface area (Å²) >= 11 is 5.82. The van der Waals surface area contributed by atoms with Gasteiger partial charge >= 0.3 is 5.97 Å². The lowest BCUT2D eigenvalue weighted by Crippen LogP contribution is -2.27. The van der Waals surface area contributed by atoms with Crippen LogP contribution in [0.2, 0.25) is 5.02 Å². The Hall–Kier alpha value is -1.73. The largest absolute Gasteiger partial charge is 0.479 e. The number of rotatable bonds is 5. The van der Waals surface area contributed by atoms with Crippen molar-refractivity contribution < 1.29 is 14.6 Å². The Labute approximate surface area is 104 Å². The van der Waals surface area contributed by atoms with E-state index in [9.17, 15) is 4.79 Å². The molecule has 1 aromatic carbocycles. The molecule has 0 fully saturated rings. The van der Waals surface area contributed by atoms with Crippen LogP contribution in [0.15, 0.2) is 18.2 Å². The number of halogens is 1. The highest BCUT2D eigenvalue weighted by atomic mass is 35.5. The van der Waals surface area contributed by atoms with Crippen LogP contribution in [0.1, 0.15) is 25.3 Å². The molecule has 4 nitrogen and oxygen atoms in total. The van der Waals surface area contributed by atoms with Crippen LogP contribution in [0.3, 0.4) is 0 Å². The quantitative estimate of drug-likeness (QED) is 0.876. The van der Waals surface area contributed by atoms with Gasteiger partial charge in [-0.15, -0.1) is 0 Å². The minimum absolute atomic E-state index is 0.163. The van der Waals surface area contributed by atoms with Crippen LogP contribution >= 0.6 is 11.6 Å². The Morgan fingerprint density at radius 3 is 2.88 bits per heavy atom. The minimum atomic E-state index is -1.05. The first-order valence-corrected chi connectivity index (χ1v) is 5.56. The normalized spacial score (nSPS) is 11.6. The van der Waals surface area contributed by atoms with Gasteiger partial charge in [0.15, 0.2) is 6.10 Å². The molecule has 1 atom stereocenters. The van der Waals surface area contributed by atoms with Gasteiger partial charge in [-0.3, -0.25) is 0 Å². The van der Waals surface area contributed by atoms with E-state index in [1.807, 2.05) is 13.0 Å². The van der Waals surface area contributed by atoms with Crippen molar-refractivity contribution in [2.45, 2.75) is 25.9 Å². The number of nitriles is 1. The van der Waals surface area contributed by atoms with Crippen molar-refractivity contribution in [3.05, 3.63) is 28.8 Å². The molecule has 5 heteroatoms. The molecule has 1 N–H and O–H groups in total. The Balaban J connectivity index is 2.97. The zero-order valence-corrected chi connectivity index (χ0v) is 10.1. The van der Waals surface area contributed by atoms with Gasteiger partial charge in [-0.25, -0.2) is 4.79 Å². The van der Waals surface area contributed by atoms with Crippen LogP contribution < -0.4 is 4.74 Å². The topological polar surface area (TPSA) is 70.3 Å². The van der Waals surface area contributed by atoms with Gasteiger partial charge in [0.2, 0.25) is 0 Å². The van der Waals surface area contributed by atoms with E-state index in [1.54, 1.807) is 12.1 Å². The maximum Gasteiger partial charge on any atom is 0.344 e. The van der Waals surface area contributed by atoms with E-state index in [4.69, 9.17) is 26.7 Å². The SMILES string of the molecule is CCCC(Oc1cccc(Cl)c1C#N)C(=O)O. The summed E-state index contributed by atoms with van der Waals surface area (Å²) in [5.41, 5.74) is 0.163. The summed E-state index contributed by atoms with van der Waals surface area (Å²) in [4.78, 5) is 10.9. The summed E-state index contributed by atoms with van der Waals surface area (Å²) in [6, 6.07) is 6.61. The molecule has 0 aliphatic carbocycles. The molecule has 0 bridgehead atoms. The lowest BCUT2D eigenvalue weighted by atomic mass is 10.2. The first-order valence-electron chi connectivity index (χ1n) is 5.18. The van der Waals surface area contributed by atoms with Crippen molar-refractivity contribution in [3.8, 4) is 11.8 Å². The molecule has 0 amide bonds. The monoisotopic (exact) mass is 253 g/mol. The number of hydrogen-bond acceptors (Lipinski definition) is 3. The van der Waals surface area contributed by atoms with Gasteiger partial charge in [-0.1, -0.05) is 31.0 Å². The fourth-order valence-electron chi connectivity index (χ4n) is 1.36. The fourth-order valence-corrected chi connectivity index (χ4v) is 1.57. The Kier molecular flexibility index (Phi) is 4.80. The van der Waals surface area contributed by atoms with Gasteiger partial charge in [-0.05, 0) is 18.6 Å². The van der Waals surface area contributed by atoms with Crippen molar-refractivity contribution in [1.82, 2.24) is 0 Å². The standard InChI is InChI=1S/C12H12ClNO3/c1-2-4-11(12(15)16)17-10-6-3-5-9(13)8(10)7-14/h3,5-6,11H,2,4H2,1H3,(H,15,16). The van der Waals surface area contributed by atoms with Gasteiger partial charge in [-0.2, -0.15) is 5.26 Å². The third-order valence-electron chi connectivity index (χ3n) is 2.18. The van der Waals surface area contributed by atoms with Crippen LogP contribution in [0.5, 0.6) is 5.75 Å². The van der Waals surface area contributed by atoms with E-state index in [0.717, 1.165) is 0 Å². The Morgan fingerprint density at radius 1 is 1.65 bits per heavy atom. The number of carboxylic acid groups (broad SMARTS) is 1. The average molecular weight is 254 g/mol. The molecular weight excluding hydrogens is 242 g/mol. The lowest BCUT2D eigenvalue weighted by molar-refractivity contribution is -0.145. The van der Waals surface area contributed by atoms with E-state index >= 15 is 0 Å². The summed E-state index contributed by atoms with van der Waals surface area (Å²) in [6.45, 7) is 1.86. The predicted molar refractivity (Wildman–Crippen MR) is 63.1 cm³/mol. The molecule has 90 valence electrons. The zero-order valence-electron chi connectivity index (χ0n) is 9.31. The molecule has 0 spiro atoms. The number of nitrogens with zero attached hydrogens (tertiary/aromatic N) is 1. The summed E-state index contributed by atoms with van der Waals surface area (Å²) in [6.07, 6.45) is 0.108. The number of ether oxygens (including phenoxy) is 1. The highest BCUT2D eigenvalue weighted by Crippen LogP contribution is 2.26. The molecule has 1 aromatic rings. The molecule has 0 aliphatic rings. The molecule has 0 saturated heterocycles. The fraction of sp³-hybridized carbons (Fsp3) is 0.333. The highest BCUT2D eigenvalue weighted by molar-refractivity contribution is 6.31. The summed E-state index contributed by atoms with van der Waals surface area (Å²) in [5, 5.41) is 18.1. The van der Waals surface area contributed by atoms with Crippen LogP contribution in [-0.2, 0) is 4.79 Å². The first-order chi connectivity index (χ1) is 8.10. The van der Waals surface area contributed by atoms with E-state index in [1.165, 1.54) is 6.07 Å². The van der Waals surface area contributed by atoms with E-state index in [2.05, 4.69) is 0 Å². The molecule has 1 rings (SSSR count). The number of carbonyl (C=O) groups is 1. The Bertz CT molecular complexity index is 454. The maximum absolute atomic E-state index is 10.9. The predicted octanol–water partition coefficient (Wildman–Crippen LogP) is 2.84. The molecule has 17 heavy (non-hydrogen) atoms. The smallest absolute Gasteiger partial charge is 0.344 e. The van der Waals surface area contributed by atoms with Crippen LogP contribution in [0.4, 0.5) is 0 Å². The molecule has 0 heterocycles. The number of hydrogen-bond donors (Lipinski definition) is 1. The first kappa shape index (κ1) is 13.3. The van der Waals surface area contributed by atoms with Crippen LogP contribution in [0, 0.1) is 11.3 Å². The third-order valence-corrected chi connectivity index (χ3v) is 2.50. The van der Waals surface area contributed by atoms with Crippen molar-refractivity contribution >= 4 is 17.6 Å². The Morgan fingerprint density at radius 2 is 2.35 bits per heavy atom. The van der Waals surface area contributed by atoms with Gasteiger partial charge in [0.1, 0.15) is 17.4 Å². The zero-order chi connectivity index (χ0) is 12.8. The van der Waals surface area contributed by atoms with Crippen LogP contribution in [0.25, 0.3) is 0 Å². The number of aliphatic carboxylic acids is 1. The van der Waals surface area contributed by atoms with E-state index in [-0.39, 0.29) is 16.3 Å². The number of carboxylic acids is 1. The van der Waals surface area contributed by atoms with Crippen molar-refractivity contribution in [3.63, 3.8) is 0 Å². The van der Waals surface area contributed by atoms with Crippen molar-refractivity contribution in [2.24, 2.45) is 0 Å². The van der Waals surface area contributed by atoms with Crippen LogP contribution in [-0.4, -0.2) is 17.2 Å². The van der Waals surface area contributed by atoms with Gasteiger partial charge in [0, 0.05) is 0 Å². The second-order valence-electron chi connectivity index (χ2n) is 3.46. The van der Waals surface area contributed by atoms with E-state index < -0.39 is 12.1 Å². The summed E-state index contributed by atoms with van der Waals surface area (Å²) in [5.74, 6) is -0.837. The lowest BCUT2D eigenvalue weighted by Gasteiger charge is -2.15. The second kappa shape index (κ2) is 6.12. The van der Waals surface area contributed by atoms with E-state index in [0.29, 0.717) is 12.8 Å². The second-order valence-corrected chi connectivity index (χ2v) is 3.87. The molecule has 0 saturated carbocycles. The maximum atomic E-state index is 10.9. The molecule has 0 aliphatic heterocycles. The van der Waals surface area contributed by atoms with Gasteiger partial charge in [0.25, 0.3) is 0 Å². The van der Waals surface area contributed by atoms with Crippen molar-refractivity contribution in [1.29, 1.82) is 5.26 Å².